The summed E-state index contributed by atoms with van der Waals surface area (Å²) in [6.07, 6.45) is 2.82. The van der Waals surface area contributed by atoms with E-state index in [1.165, 1.54) is 12.7 Å². The fourth-order valence-corrected chi connectivity index (χ4v) is 1.65. The number of allylic oxidation sites excluding steroid dienone is 1. The summed E-state index contributed by atoms with van der Waals surface area (Å²) in [6.45, 7) is 8.07. The summed E-state index contributed by atoms with van der Waals surface area (Å²) in [6, 6.07) is 7.53. The molecule has 0 aliphatic carbocycles. The zero-order valence-corrected chi connectivity index (χ0v) is 10.1. The number of hydrogen-bond acceptors (Lipinski definition) is 2. The molecule has 1 rings (SSSR count). The van der Waals surface area contributed by atoms with Crippen LogP contribution >= 0.6 is 0 Å². The molecule has 0 aliphatic heterocycles. The van der Waals surface area contributed by atoms with E-state index in [0.29, 0.717) is 5.56 Å². The monoisotopic (exact) mass is 218 g/mol. The minimum Gasteiger partial charge on any atom is -0.465 e. The first kappa shape index (κ1) is 12.5. The number of ether oxygens (including phenoxy) is 1. The van der Waals surface area contributed by atoms with Crippen molar-refractivity contribution in [2.24, 2.45) is 0 Å². The smallest absolute Gasteiger partial charge is 0.337 e. The van der Waals surface area contributed by atoms with Crippen LogP contribution in [-0.4, -0.2) is 13.1 Å². The maximum Gasteiger partial charge on any atom is 0.337 e. The molecule has 0 spiro atoms. The number of rotatable bonds is 4. The summed E-state index contributed by atoms with van der Waals surface area (Å²) in [4.78, 5) is 11.3. The van der Waals surface area contributed by atoms with E-state index in [1.54, 1.807) is 12.1 Å². The van der Waals surface area contributed by atoms with Gasteiger partial charge in [-0.1, -0.05) is 32.1 Å². The molecule has 0 heterocycles. The van der Waals surface area contributed by atoms with Gasteiger partial charge in [0.1, 0.15) is 0 Å². The lowest BCUT2D eigenvalue weighted by molar-refractivity contribution is 0.0600. The van der Waals surface area contributed by atoms with Gasteiger partial charge in [0, 0.05) is 0 Å². The Hall–Kier alpha value is -1.57. The van der Waals surface area contributed by atoms with Crippen molar-refractivity contribution in [3.63, 3.8) is 0 Å². The molecule has 0 bridgehead atoms. The number of esters is 1. The van der Waals surface area contributed by atoms with E-state index in [1.807, 2.05) is 18.2 Å². The molecule has 0 saturated heterocycles. The van der Waals surface area contributed by atoms with Crippen LogP contribution < -0.4 is 0 Å². The highest BCUT2D eigenvalue weighted by molar-refractivity contribution is 5.89. The van der Waals surface area contributed by atoms with Crippen LogP contribution in [0.2, 0.25) is 0 Å². The van der Waals surface area contributed by atoms with Gasteiger partial charge in [-0.15, -0.1) is 6.58 Å². The van der Waals surface area contributed by atoms with Crippen LogP contribution in [0.5, 0.6) is 0 Å². The summed E-state index contributed by atoms with van der Waals surface area (Å²) in [5, 5.41) is 0. The Morgan fingerprint density at radius 2 is 1.94 bits per heavy atom. The lowest BCUT2D eigenvalue weighted by Crippen LogP contribution is -2.16. The molecule has 86 valence electrons. The van der Waals surface area contributed by atoms with Crippen LogP contribution in [0.1, 0.15) is 36.2 Å². The number of hydrogen-bond donors (Lipinski definition) is 0. The highest BCUT2D eigenvalue weighted by Crippen LogP contribution is 2.27. The van der Waals surface area contributed by atoms with Gasteiger partial charge in [0.15, 0.2) is 0 Å². The number of methoxy groups -OCH3 is 1. The maximum absolute atomic E-state index is 11.3. The Labute approximate surface area is 96.9 Å². The van der Waals surface area contributed by atoms with Crippen molar-refractivity contribution in [3.8, 4) is 0 Å². The fourth-order valence-electron chi connectivity index (χ4n) is 1.65. The average Bonchev–Trinajstić information content (AvgIpc) is 2.28. The Bertz CT molecular complexity index is 374. The van der Waals surface area contributed by atoms with Crippen molar-refractivity contribution in [1.82, 2.24) is 0 Å². The molecule has 0 aliphatic rings. The average molecular weight is 218 g/mol. The first-order valence-corrected chi connectivity index (χ1v) is 5.31. The zero-order chi connectivity index (χ0) is 12.2. The Balaban J connectivity index is 2.94. The number of carbonyl (C=O) groups is 1. The molecule has 0 amide bonds. The van der Waals surface area contributed by atoms with Crippen molar-refractivity contribution in [1.29, 1.82) is 0 Å². The first-order valence-electron chi connectivity index (χ1n) is 5.31. The Morgan fingerprint density at radius 1 is 1.38 bits per heavy atom. The lowest BCUT2D eigenvalue weighted by Gasteiger charge is -2.23. The summed E-state index contributed by atoms with van der Waals surface area (Å²) in [5.41, 5.74) is 1.83. The van der Waals surface area contributed by atoms with E-state index in [2.05, 4.69) is 25.2 Å². The van der Waals surface area contributed by atoms with Gasteiger partial charge < -0.3 is 4.74 Å². The van der Waals surface area contributed by atoms with Crippen molar-refractivity contribution < 1.29 is 9.53 Å². The van der Waals surface area contributed by atoms with E-state index >= 15 is 0 Å². The van der Waals surface area contributed by atoms with E-state index in [0.717, 1.165) is 6.42 Å². The Morgan fingerprint density at radius 3 is 2.38 bits per heavy atom. The Kier molecular flexibility index (Phi) is 3.88. The zero-order valence-electron chi connectivity index (χ0n) is 10.1. The van der Waals surface area contributed by atoms with E-state index < -0.39 is 0 Å². The minimum absolute atomic E-state index is 0.0520. The molecular weight excluding hydrogens is 200 g/mol. The summed E-state index contributed by atoms with van der Waals surface area (Å²) in [7, 11) is 1.39. The molecule has 1 aromatic rings. The third kappa shape index (κ3) is 2.72. The van der Waals surface area contributed by atoms with Crippen LogP contribution in [-0.2, 0) is 10.2 Å². The fraction of sp³-hybridized carbons (Fsp3) is 0.357. The van der Waals surface area contributed by atoms with Crippen molar-refractivity contribution in [2.45, 2.75) is 25.7 Å². The molecule has 16 heavy (non-hydrogen) atoms. The van der Waals surface area contributed by atoms with Crippen molar-refractivity contribution in [3.05, 3.63) is 48.0 Å². The lowest BCUT2D eigenvalue weighted by atomic mass is 9.81. The molecule has 0 aromatic heterocycles. The molecule has 2 nitrogen and oxygen atoms in total. The van der Waals surface area contributed by atoms with E-state index in [9.17, 15) is 4.79 Å². The van der Waals surface area contributed by atoms with Crippen LogP contribution in [0.25, 0.3) is 0 Å². The van der Waals surface area contributed by atoms with Crippen LogP contribution in [0.4, 0.5) is 0 Å². The molecular formula is C14H18O2. The summed E-state index contributed by atoms with van der Waals surface area (Å²) in [5.74, 6) is -0.298. The summed E-state index contributed by atoms with van der Waals surface area (Å²) >= 11 is 0. The van der Waals surface area contributed by atoms with Gasteiger partial charge in [-0.25, -0.2) is 4.79 Å². The van der Waals surface area contributed by atoms with Crippen LogP contribution in [0.3, 0.4) is 0 Å². The van der Waals surface area contributed by atoms with Crippen molar-refractivity contribution >= 4 is 5.97 Å². The number of carbonyl (C=O) groups excluding carboxylic acids is 1. The molecule has 0 N–H and O–H groups in total. The molecule has 0 atom stereocenters. The third-order valence-electron chi connectivity index (χ3n) is 2.74. The van der Waals surface area contributed by atoms with E-state index in [4.69, 9.17) is 0 Å². The molecule has 2 heteroatoms. The molecule has 0 fully saturated rings. The van der Waals surface area contributed by atoms with Crippen LogP contribution in [0.15, 0.2) is 36.9 Å². The first-order chi connectivity index (χ1) is 7.51. The van der Waals surface area contributed by atoms with Crippen molar-refractivity contribution in [2.75, 3.05) is 7.11 Å². The van der Waals surface area contributed by atoms with Gasteiger partial charge in [-0.2, -0.15) is 0 Å². The standard InChI is InChI=1S/C14H18O2/c1-5-10-14(2,3)12-8-6-11(7-9-12)13(15)16-4/h5-9H,1,10H2,2-4H3. The second-order valence-corrected chi connectivity index (χ2v) is 4.45. The third-order valence-corrected chi connectivity index (χ3v) is 2.74. The summed E-state index contributed by atoms with van der Waals surface area (Å²) < 4.78 is 4.65. The highest BCUT2D eigenvalue weighted by Gasteiger charge is 2.18. The quantitative estimate of drug-likeness (QED) is 0.572. The van der Waals surface area contributed by atoms with Gasteiger partial charge in [0.2, 0.25) is 0 Å². The van der Waals surface area contributed by atoms with Gasteiger partial charge in [-0.3, -0.25) is 0 Å². The van der Waals surface area contributed by atoms with Gasteiger partial charge in [0.05, 0.1) is 12.7 Å². The SMILES string of the molecule is C=CCC(C)(C)c1ccc(C(=O)OC)cc1. The molecule has 0 unspecified atom stereocenters. The molecule has 0 radical (unpaired) electrons. The highest BCUT2D eigenvalue weighted by atomic mass is 16.5. The number of benzene rings is 1. The molecule has 0 saturated carbocycles. The van der Waals surface area contributed by atoms with Gasteiger partial charge >= 0.3 is 5.97 Å². The largest absolute Gasteiger partial charge is 0.465 e. The maximum atomic E-state index is 11.3. The van der Waals surface area contributed by atoms with Gasteiger partial charge in [0.25, 0.3) is 0 Å². The normalized spacial score (nSPS) is 10.9. The second-order valence-electron chi connectivity index (χ2n) is 4.45. The van der Waals surface area contributed by atoms with Crippen LogP contribution in [0, 0.1) is 0 Å². The predicted molar refractivity (Wildman–Crippen MR) is 65.6 cm³/mol. The molecule has 1 aromatic carbocycles. The predicted octanol–water partition coefficient (Wildman–Crippen LogP) is 3.33. The topological polar surface area (TPSA) is 26.3 Å². The minimum atomic E-state index is -0.298. The van der Waals surface area contributed by atoms with E-state index in [-0.39, 0.29) is 11.4 Å². The van der Waals surface area contributed by atoms with Gasteiger partial charge in [-0.05, 0) is 29.5 Å². The second kappa shape index (κ2) is 4.97.